The number of H-pyrrole nitrogens is 1. The third-order valence-corrected chi connectivity index (χ3v) is 4.27. The average molecular weight is 348 g/mol. The highest BCUT2D eigenvalue weighted by molar-refractivity contribution is 5.79. The molecule has 1 aromatic carbocycles. The van der Waals surface area contributed by atoms with Crippen LogP contribution in [0.15, 0.2) is 35.3 Å². The van der Waals surface area contributed by atoms with Crippen molar-refractivity contribution in [3.63, 3.8) is 0 Å². The number of rotatable bonds is 4. The Balaban J connectivity index is 1.62. The first kappa shape index (κ1) is 17.1. The number of halogens is 2. The topological polar surface area (TPSA) is 78.1 Å². The molecule has 1 aliphatic heterocycles. The van der Waals surface area contributed by atoms with Crippen molar-refractivity contribution in [3.05, 3.63) is 58.0 Å². The lowest BCUT2D eigenvalue weighted by Gasteiger charge is -2.33. The van der Waals surface area contributed by atoms with E-state index in [0.29, 0.717) is 18.7 Å². The molecule has 0 radical (unpaired) electrons. The molecule has 25 heavy (non-hydrogen) atoms. The molecule has 3 rings (SSSR count). The maximum atomic E-state index is 13.6. The van der Waals surface area contributed by atoms with E-state index in [1.54, 1.807) is 6.20 Å². The number of hydrogen-bond acceptors (Lipinski definition) is 4. The van der Waals surface area contributed by atoms with Gasteiger partial charge in [0.15, 0.2) is 0 Å². The second-order valence-corrected chi connectivity index (χ2v) is 6.04. The summed E-state index contributed by atoms with van der Waals surface area (Å²) in [6.45, 7) is 1.11. The Bertz CT molecular complexity index is 824. The monoisotopic (exact) mass is 348 g/mol. The second-order valence-electron chi connectivity index (χ2n) is 6.04. The normalized spacial score (nSPS) is 17.4. The number of nitrogens with zero attached hydrogens (tertiary/aromatic N) is 2. The number of benzene rings is 1. The molecule has 0 bridgehead atoms. The Morgan fingerprint density at radius 3 is 3.00 bits per heavy atom. The number of nitrogens with one attached hydrogen (secondary N) is 2. The summed E-state index contributed by atoms with van der Waals surface area (Å²) in [6.07, 6.45) is 3.04. The largest absolute Gasteiger partial charge is 0.369 e. The number of aromatic nitrogens is 2. The molecule has 2 heterocycles. The molecule has 1 aromatic heterocycles. The van der Waals surface area contributed by atoms with Crippen molar-refractivity contribution in [2.45, 2.75) is 19.4 Å². The van der Waals surface area contributed by atoms with Crippen LogP contribution in [-0.4, -0.2) is 29.2 Å². The van der Waals surface area contributed by atoms with Crippen LogP contribution in [-0.2, 0) is 11.3 Å². The van der Waals surface area contributed by atoms with Crippen molar-refractivity contribution in [1.82, 2.24) is 15.5 Å². The molecule has 0 aliphatic carbocycles. The standard InChI is InChI=1S/C17H18F2N4O2/c18-13-3-4-15(19)12(6-13)8-20-17(25)11-2-1-5-23(10-11)14-7-16(24)22-21-9-14/h3-4,6-7,9,11H,1-2,5,8,10H2,(H,20,25)(H,22,24). The first-order valence-electron chi connectivity index (χ1n) is 8.04. The lowest BCUT2D eigenvalue weighted by molar-refractivity contribution is -0.125. The summed E-state index contributed by atoms with van der Waals surface area (Å²) >= 11 is 0. The van der Waals surface area contributed by atoms with Crippen molar-refractivity contribution in [1.29, 1.82) is 0 Å². The molecule has 8 heteroatoms. The van der Waals surface area contributed by atoms with E-state index >= 15 is 0 Å². The number of anilines is 1. The van der Waals surface area contributed by atoms with E-state index in [1.807, 2.05) is 4.90 Å². The molecular formula is C17H18F2N4O2. The van der Waals surface area contributed by atoms with Gasteiger partial charge >= 0.3 is 0 Å². The fourth-order valence-corrected chi connectivity index (χ4v) is 2.97. The number of amides is 1. The minimum Gasteiger partial charge on any atom is -0.369 e. The average Bonchev–Trinajstić information content (AvgIpc) is 2.62. The van der Waals surface area contributed by atoms with Crippen LogP contribution in [0.2, 0.25) is 0 Å². The Labute approximate surface area is 142 Å². The van der Waals surface area contributed by atoms with Crippen molar-refractivity contribution in [2.24, 2.45) is 5.92 Å². The molecule has 1 atom stereocenters. The van der Waals surface area contributed by atoms with Crippen LogP contribution >= 0.6 is 0 Å². The molecule has 6 nitrogen and oxygen atoms in total. The zero-order chi connectivity index (χ0) is 17.8. The van der Waals surface area contributed by atoms with Crippen molar-refractivity contribution < 1.29 is 13.6 Å². The summed E-state index contributed by atoms with van der Waals surface area (Å²) in [7, 11) is 0. The first-order valence-corrected chi connectivity index (χ1v) is 8.04. The van der Waals surface area contributed by atoms with Gasteiger partial charge in [-0.2, -0.15) is 5.10 Å². The molecule has 132 valence electrons. The van der Waals surface area contributed by atoms with Gasteiger partial charge in [-0.3, -0.25) is 9.59 Å². The van der Waals surface area contributed by atoms with Gasteiger partial charge in [-0.1, -0.05) is 0 Å². The van der Waals surface area contributed by atoms with Crippen molar-refractivity contribution in [2.75, 3.05) is 18.0 Å². The summed E-state index contributed by atoms with van der Waals surface area (Å²) in [4.78, 5) is 25.7. The molecule has 2 N–H and O–H groups in total. The fourth-order valence-electron chi connectivity index (χ4n) is 2.97. The Morgan fingerprint density at radius 1 is 1.36 bits per heavy atom. The zero-order valence-corrected chi connectivity index (χ0v) is 13.5. The van der Waals surface area contributed by atoms with Gasteiger partial charge in [0.1, 0.15) is 11.6 Å². The predicted molar refractivity (Wildman–Crippen MR) is 88.0 cm³/mol. The van der Waals surface area contributed by atoms with Crippen LogP contribution in [0.1, 0.15) is 18.4 Å². The van der Waals surface area contributed by atoms with Gasteiger partial charge in [0.2, 0.25) is 5.91 Å². The molecule has 0 saturated carbocycles. The smallest absolute Gasteiger partial charge is 0.266 e. The molecule has 2 aromatic rings. The summed E-state index contributed by atoms with van der Waals surface area (Å²) in [5.41, 5.74) is 0.475. The molecule has 1 saturated heterocycles. The minimum atomic E-state index is -0.554. The van der Waals surface area contributed by atoms with Crippen LogP contribution in [0.5, 0.6) is 0 Å². The highest BCUT2D eigenvalue weighted by atomic mass is 19.1. The van der Waals surface area contributed by atoms with Crippen LogP contribution in [0.4, 0.5) is 14.5 Å². The molecule has 1 amide bonds. The number of aromatic amines is 1. The van der Waals surface area contributed by atoms with Crippen LogP contribution < -0.4 is 15.8 Å². The molecule has 1 aliphatic rings. The molecular weight excluding hydrogens is 330 g/mol. The number of carbonyl (C=O) groups excluding carboxylic acids is 1. The van der Waals surface area contributed by atoms with Gasteiger partial charge in [-0.25, -0.2) is 13.9 Å². The third-order valence-electron chi connectivity index (χ3n) is 4.27. The summed E-state index contributed by atoms with van der Waals surface area (Å²) < 4.78 is 26.8. The lowest BCUT2D eigenvalue weighted by Crippen LogP contribution is -2.43. The summed E-state index contributed by atoms with van der Waals surface area (Å²) in [5, 5.41) is 8.75. The Kier molecular flexibility index (Phi) is 5.06. The molecule has 0 spiro atoms. The first-order chi connectivity index (χ1) is 12.0. The third kappa shape index (κ3) is 4.20. The van der Waals surface area contributed by atoms with E-state index in [4.69, 9.17) is 0 Å². The van der Waals surface area contributed by atoms with Gasteiger partial charge in [0, 0.05) is 31.3 Å². The van der Waals surface area contributed by atoms with Crippen molar-refractivity contribution >= 4 is 11.6 Å². The zero-order valence-electron chi connectivity index (χ0n) is 13.5. The van der Waals surface area contributed by atoms with Gasteiger partial charge < -0.3 is 10.2 Å². The van der Waals surface area contributed by atoms with Gasteiger partial charge in [-0.05, 0) is 31.0 Å². The van der Waals surface area contributed by atoms with Crippen LogP contribution in [0.25, 0.3) is 0 Å². The van der Waals surface area contributed by atoms with Crippen molar-refractivity contribution in [3.8, 4) is 0 Å². The van der Waals surface area contributed by atoms with E-state index < -0.39 is 11.6 Å². The molecule has 1 unspecified atom stereocenters. The van der Waals surface area contributed by atoms with Gasteiger partial charge in [0.05, 0.1) is 17.8 Å². The van der Waals surface area contributed by atoms with E-state index in [1.165, 1.54) is 6.07 Å². The highest BCUT2D eigenvalue weighted by Crippen LogP contribution is 2.22. The number of carbonyl (C=O) groups is 1. The van der Waals surface area contributed by atoms with Gasteiger partial charge in [0.25, 0.3) is 5.56 Å². The predicted octanol–water partition coefficient (Wildman–Crippen LogP) is 1.58. The quantitative estimate of drug-likeness (QED) is 0.879. The lowest BCUT2D eigenvalue weighted by atomic mass is 9.96. The fraction of sp³-hybridized carbons (Fsp3) is 0.353. The highest BCUT2D eigenvalue weighted by Gasteiger charge is 2.26. The van der Waals surface area contributed by atoms with Gasteiger partial charge in [-0.15, -0.1) is 0 Å². The summed E-state index contributed by atoms with van der Waals surface area (Å²) in [6, 6.07) is 4.59. The van der Waals surface area contributed by atoms with Crippen LogP contribution in [0.3, 0.4) is 0 Å². The maximum Gasteiger partial charge on any atom is 0.266 e. The Morgan fingerprint density at radius 2 is 2.20 bits per heavy atom. The van der Waals surface area contributed by atoms with Crippen LogP contribution in [0, 0.1) is 17.6 Å². The molecule has 1 fully saturated rings. The SMILES string of the molecule is O=C(NCc1cc(F)ccc1F)C1CCCN(c2cn[nH]c(=O)c2)C1. The van der Waals surface area contributed by atoms with E-state index in [0.717, 1.165) is 31.2 Å². The van der Waals surface area contributed by atoms with E-state index in [-0.39, 0.29) is 29.5 Å². The second kappa shape index (κ2) is 7.42. The van der Waals surface area contributed by atoms with E-state index in [2.05, 4.69) is 15.5 Å². The number of hydrogen-bond donors (Lipinski definition) is 2. The maximum absolute atomic E-state index is 13.6. The summed E-state index contributed by atoms with van der Waals surface area (Å²) in [5.74, 6) is -1.60. The Hall–Kier alpha value is -2.77. The van der Waals surface area contributed by atoms with E-state index in [9.17, 15) is 18.4 Å². The minimum absolute atomic E-state index is 0.0640. The number of piperidine rings is 1.